The number of anilines is 2. The molecule has 4 N–H and O–H groups in total. The quantitative estimate of drug-likeness (QED) is 0.423. The Hall–Kier alpha value is -2.29. The molecule has 2 fully saturated rings. The molecule has 0 unspecified atom stereocenters. The van der Waals surface area contributed by atoms with Crippen molar-refractivity contribution in [2.75, 3.05) is 30.9 Å². The van der Waals surface area contributed by atoms with E-state index >= 15 is 0 Å². The summed E-state index contributed by atoms with van der Waals surface area (Å²) in [7, 11) is 1.71. The van der Waals surface area contributed by atoms with E-state index in [1.807, 2.05) is 0 Å². The van der Waals surface area contributed by atoms with Crippen molar-refractivity contribution in [2.45, 2.75) is 69.2 Å². The minimum absolute atomic E-state index is 0.169. The molecule has 4 rings (SSSR count). The summed E-state index contributed by atoms with van der Waals surface area (Å²) in [6.07, 6.45) is 6.68. The van der Waals surface area contributed by atoms with Crippen molar-refractivity contribution in [1.82, 2.24) is 10.3 Å². The van der Waals surface area contributed by atoms with Gasteiger partial charge in [0.25, 0.3) is 0 Å². The Morgan fingerprint density at radius 3 is 2.48 bits per heavy atom. The molecule has 0 spiro atoms. The lowest BCUT2D eigenvalue weighted by Crippen LogP contribution is -2.42. The lowest BCUT2D eigenvalue weighted by atomic mass is 9.90. The van der Waals surface area contributed by atoms with Crippen LogP contribution in [-0.4, -0.2) is 54.1 Å². The van der Waals surface area contributed by atoms with Crippen LogP contribution in [-0.2, 0) is 4.74 Å². The first-order valence-electron chi connectivity index (χ1n) is 11.8. The minimum Gasteiger partial charge on any atom is -0.388 e. The molecular formula is C25H34F2N4O2. The summed E-state index contributed by atoms with van der Waals surface area (Å²) in [6, 6.07) is 7.10. The van der Waals surface area contributed by atoms with Crippen molar-refractivity contribution >= 4 is 11.5 Å². The van der Waals surface area contributed by atoms with Crippen molar-refractivity contribution in [3.63, 3.8) is 0 Å². The maximum Gasteiger partial charge on any atom is 0.149 e. The van der Waals surface area contributed by atoms with E-state index in [0.29, 0.717) is 36.7 Å². The predicted molar refractivity (Wildman–Crippen MR) is 126 cm³/mol. The van der Waals surface area contributed by atoms with E-state index in [0.717, 1.165) is 44.7 Å². The average Bonchev–Trinajstić information content (AvgIpc) is 3.53. The van der Waals surface area contributed by atoms with Crippen molar-refractivity contribution < 1.29 is 18.6 Å². The number of methoxy groups -OCH3 is 1. The summed E-state index contributed by atoms with van der Waals surface area (Å²) in [6.45, 7) is 3.20. The molecule has 2 saturated carbocycles. The van der Waals surface area contributed by atoms with Gasteiger partial charge in [0.05, 0.1) is 18.4 Å². The van der Waals surface area contributed by atoms with Crippen LogP contribution in [0.5, 0.6) is 0 Å². The number of hydrogen-bond acceptors (Lipinski definition) is 6. The highest BCUT2D eigenvalue weighted by Crippen LogP contribution is 2.36. The van der Waals surface area contributed by atoms with Gasteiger partial charge in [-0.25, -0.2) is 13.8 Å². The van der Waals surface area contributed by atoms with Crippen LogP contribution in [0.15, 0.2) is 30.5 Å². The van der Waals surface area contributed by atoms with Crippen LogP contribution < -0.4 is 16.0 Å². The first-order valence-corrected chi connectivity index (χ1v) is 11.8. The molecular weight excluding hydrogens is 426 g/mol. The number of benzene rings is 1. The van der Waals surface area contributed by atoms with Gasteiger partial charge in [-0.15, -0.1) is 0 Å². The molecule has 0 amide bonds. The van der Waals surface area contributed by atoms with E-state index in [-0.39, 0.29) is 17.2 Å². The van der Waals surface area contributed by atoms with E-state index in [1.54, 1.807) is 25.3 Å². The second-order valence-corrected chi connectivity index (χ2v) is 9.54. The average molecular weight is 461 g/mol. The number of nitrogens with zero attached hydrogens (tertiary/aromatic N) is 1. The van der Waals surface area contributed by atoms with Crippen molar-refractivity contribution in [3.8, 4) is 11.1 Å². The van der Waals surface area contributed by atoms with Gasteiger partial charge < -0.3 is 25.8 Å². The first-order chi connectivity index (χ1) is 15.8. The van der Waals surface area contributed by atoms with Crippen LogP contribution in [0.3, 0.4) is 0 Å². The molecule has 8 heteroatoms. The van der Waals surface area contributed by atoms with E-state index in [9.17, 15) is 13.9 Å². The minimum atomic E-state index is -0.677. The molecule has 6 nitrogen and oxygen atoms in total. The lowest BCUT2D eigenvalue weighted by Gasteiger charge is -2.31. The third-order valence-corrected chi connectivity index (χ3v) is 6.58. The first kappa shape index (κ1) is 23.9. The fourth-order valence-corrected chi connectivity index (χ4v) is 4.47. The molecule has 2 aromatic rings. The van der Waals surface area contributed by atoms with Gasteiger partial charge in [0.15, 0.2) is 0 Å². The zero-order valence-corrected chi connectivity index (χ0v) is 19.3. The van der Waals surface area contributed by atoms with Gasteiger partial charge >= 0.3 is 0 Å². The second-order valence-electron chi connectivity index (χ2n) is 9.54. The molecule has 1 aromatic heterocycles. The number of aliphatic hydroxyl groups is 1. The lowest BCUT2D eigenvalue weighted by molar-refractivity contribution is 0.161. The monoisotopic (exact) mass is 460 g/mol. The Morgan fingerprint density at radius 1 is 1.09 bits per heavy atom. The fourth-order valence-electron chi connectivity index (χ4n) is 4.47. The Labute approximate surface area is 194 Å². The van der Waals surface area contributed by atoms with Crippen molar-refractivity contribution in [3.05, 3.63) is 42.1 Å². The Kier molecular flexibility index (Phi) is 7.46. The molecule has 0 aliphatic heterocycles. The van der Waals surface area contributed by atoms with Gasteiger partial charge in [-0.1, -0.05) is 0 Å². The largest absolute Gasteiger partial charge is 0.388 e. The van der Waals surface area contributed by atoms with E-state index in [4.69, 9.17) is 4.74 Å². The summed E-state index contributed by atoms with van der Waals surface area (Å²) in [5.74, 6) is -0.531. The van der Waals surface area contributed by atoms with Crippen LogP contribution in [0.1, 0.15) is 45.4 Å². The van der Waals surface area contributed by atoms with E-state index < -0.39 is 17.2 Å². The fraction of sp³-hybridized carbons (Fsp3) is 0.560. The Morgan fingerprint density at radius 2 is 1.79 bits per heavy atom. The van der Waals surface area contributed by atoms with Crippen LogP contribution in [0.25, 0.3) is 11.1 Å². The van der Waals surface area contributed by atoms with Gasteiger partial charge in [0.1, 0.15) is 17.5 Å². The van der Waals surface area contributed by atoms with Crippen LogP contribution >= 0.6 is 0 Å². The highest BCUT2D eigenvalue weighted by atomic mass is 19.1. The van der Waals surface area contributed by atoms with Gasteiger partial charge in [-0.2, -0.15) is 0 Å². The maximum atomic E-state index is 14.6. The molecule has 2 aliphatic carbocycles. The van der Waals surface area contributed by atoms with Crippen molar-refractivity contribution in [2.24, 2.45) is 0 Å². The summed E-state index contributed by atoms with van der Waals surface area (Å²) in [5, 5.41) is 20.2. The number of pyridine rings is 1. The summed E-state index contributed by atoms with van der Waals surface area (Å²) in [4.78, 5) is 4.19. The number of ether oxygens (including phenoxy) is 1. The molecule has 1 aromatic carbocycles. The second kappa shape index (κ2) is 10.3. The highest BCUT2D eigenvalue weighted by Gasteiger charge is 2.39. The van der Waals surface area contributed by atoms with Gasteiger partial charge in [0, 0.05) is 48.6 Å². The highest BCUT2D eigenvalue weighted by molar-refractivity contribution is 5.71. The maximum absolute atomic E-state index is 14.6. The summed E-state index contributed by atoms with van der Waals surface area (Å²) < 4.78 is 34.4. The standard InChI is InChI=1S/C25H34F2N4O2/c1-16(14-33-2)30-17-3-5-18(6-4-17)31-24-12-21(23(27)13-28-24)20-11-19(7-8-22(20)26)29-15-25(32)9-10-25/h7-8,11-13,16-18,29-30,32H,3-6,9-10,14-15H2,1-2H3,(H,28,31)/t16-,17-,18-/m0/s1. The van der Waals surface area contributed by atoms with Crippen LogP contribution in [0.2, 0.25) is 0 Å². The molecule has 2 aliphatic rings. The summed E-state index contributed by atoms with van der Waals surface area (Å²) in [5.41, 5.74) is 0.309. The zero-order valence-electron chi connectivity index (χ0n) is 19.3. The van der Waals surface area contributed by atoms with Gasteiger partial charge in [-0.3, -0.25) is 0 Å². The van der Waals surface area contributed by atoms with E-state index in [2.05, 4.69) is 27.9 Å². The number of halogens is 2. The van der Waals surface area contributed by atoms with E-state index in [1.165, 1.54) is 6.07 Å². The zero-order chi connectivity index (χ0) is 23.4. The smallest absolute Gasteiger partial charge is 0.149 e. The topological polar surface area (TPSA) is 78.4 Å². The molecule has 0 saturated heterocycles. The molecule has 180 valence electrons. The predicted octanol–water partition coefficient (Wildman–Crippen LogP) is 4.31. The van der Waals surface area contributed by atoms with Gasteiger partial charge in [0.2, 0.25) is 0 Å². The molecule has 1 atom stereocenters. The van der Waals surface area contributed by atoms with Crippen LogP contribution in [0, 0.1) is 11.6 Å². The molecule has 1 heterocycles. The molecule has 33 heavy (non-hydrogen) atoms. The summed E-state index contributed by atoms with van der Waals surface area (Å²) >= 11 is 0. The Balaban J connectivity index is 1.40. The Bertz CT molecular complexity index is 946. The third-order valence-electron chi connectivity index (χ3n) is 6.58. The number of hydrogen-bond donors (Lipinski definition) is 4. The SMILES string of the molecule is COC[C@H](C)N[C@H]1CC[C@H](Nc2cc(-c3cc(NCC4(O)CC4)ccc3F)c(F)cn2)CC1. The molecule has 0 radical (unpaired) electrons. The third kappa shape index (κ3) is 6.40. The molecule has 0 bridgehead atoms. The van der Waals surface area contributed by atoms with Crippen LogP contribution in [0.4, 0.5) is 20.3 Å². The number of nitrogens with one attached hydrogen (secondary N) is 3. The van der Waals surface area contributed by atoms with Gasteiger partial charge in [-0.05, 0) is 69.7 Å². The number of aromatic nitrogens is 1. The van der Waals surface area contributed by atoms with Crippen molar-refractivity contribution in [1.29, 1.82) is 0 Å². The normalized spacial score (nSPS) is 22.6. The number of rotatable bonds is 10.